The average molecular weight is 271 g/mol. The lowest BCUT2D eigenvalue weighted by atomic mass is 9.88. The Labute approximate surface area is 115 Å². The minimum atomic E-state index is -0.236. The number of rotatable bonds is 5. The fourth-order valence-corrected chi connectivity index (χ4v) is 2.62. The van der Waals surface area contributed by atoms with Crippen molar-refractivity contribution in [2.45, 2.75) is 45.8 Å². The van der Waals surface area contributed by atoms with E-state index < -0.39 is 0 Å². The molecule has 0 aromatic heterocycles. The van der Waals surface area contributed by atoms with Crippen LogP contribution in [-0.2, 0) is 19.1 Å². The highest BCUT2D eigenvalue weighted by Gasteiger charge is 2.42. The van der Waals surface area contributed by atoms with E-state index >= 15 is 0 Å². The van der Waals surface area contributed by atoms with Gasteiger partial charge in [0.15, 0.2) is 0 Å². The summed E-state index contributed by atoms with van der Waals surface area (Å²) < 4.78 is 10.3. The molecule has 19 heavy (non-hydrogen) atoms. The van der Waals surface area contributed by atoms with Crippen LogP contribution in [0.1, 0.15) is 33.6 Å². The molecule has 1 fully saturated rings. The fraction of sp³-hybridized carbons (Fsp3) is 0.857. The maximum atomic E-state index is 12.4. The fourth-order valence-electron chi connectivity index (χ4n) is 2.62. The minimum Gasteiger partial charge on any atom is -0.469 e. The number of nitrogens with zero attached hydrogens (tertiary/aromatic N) is 1. The van der Waals surface area contributed by atoms with Crippen molar-refractivity contribution in [1.82, 2.24) is 4.90 Å². The molecule has 5 heteroatoms. The van der Waals surface area contributed by atoms with Crippen LogP contribution < -0.4 is 0 Å². The Morgan fingerprint density at radius 3 is 2.32 bits per heavy atom. The number of amides is 1. The zero-order chi connectivity index (χ0) is 14.6. The van der Waals surface area contributed by atoms with Crippen molar-refractivity contribution in [3.05, 3.63) is 0 Å². The molecule has 5 nitrogen and oxygen atoms in total. The molecule has 0 spiro atoms. The van der Waals surface area contributed by atoms with Crippen LogP contribution in [0.5, 0.6) is 0 Å². The summed E-state index contributed by atoms with van der Waals surface area (Å²) in [7, 11) is 3.15. The highest BCUT2D eigenvalue weighted by Crippen LogP contribution is 2.33. The SMILES string of the molecule is COC(=O)CCCN(C)C(=O)C1C(C)OC(C)C1C. The van der Waals surface area contributed by atoms with Gasteiger partial charge in [0.25, 0.3) is 0 Å². The second kappa shape index (κ2) is 6.89. The molecule has 0 bridgehead atoms. The molecular weight excluding hydrogens is 246 g/mol. The second-order valence-electron chi connectivity index (χ2n) is 5.37. The second-order valence-corrected chi connectivity index (χ2v) is 5.37. The molecule has 1 heterocycles. The molecule has 4 unspecified atom stereocenters. The highest BCUT2D eigenvalue weighted by atomic mass is 16.5. The molecule has 0 radical (unpaired) electrons. The number of hydrogen-bond acceptors (Lipinski definition) is 4. The minimum absolute atomic E-state index is 0.0412. The molecule has 4 atom stereocenters. The molecule has 1 rings (SSSR count). The average Bonchev–Trinajstić information content (AvgIpc) is 2.62. The standard InChI is InChI=1S/C14H25NO4/c1-9-10(2)19-11(3)13(9)14(17)15(4)8-6-7-12(16)18-5/h9-11,13H,6-8H2,1-5H3. The third-order valence-corrected chi connectivity index (χ3v) is 4.01. The Hall–Kier alpha value is -1.10. The van der Waals surface area contributed by atoms with Gasteiger partial charge in [-0.2, -0.15) is 0 Å². The molecule has 1 aliphatic rings. The largest absolute Gasteiger partial charge is 0.469 e. The summed E-state index contributed by atoms with van der Waals surface area (Å²) in [6, 6.07) is 0. The first-order chi connectivity index (χ1) is 8.88. The Bertz CT molecular complexity index is 331. The maximum absolute atomic E-state index is 12.4. The maximum Gasteiger partial charge on any atom is 0.305 e. The number of methoxy groups -OCH3 is 1. The first kappa shape index (κ1) is 16.0. The van der Waals surface area contributed by atoms with E-state index in [1.807, 2.05) is 13.8 Å². The van der Waals surface area contributed by atoms with Gasteiger partial charge in [0.1, 0.15) is 0 Å². The molecule has 0 N–H and O–H groups in total. The van der Waals surface area contributed by atoms with Crippen LogP contribution in [0.2, 0.25) is 0 Å². The quantitative estimate of drug-likeness (QED) is 0.710. The molecule has 0 aromatic rings. The zero-order valence-corrected chi connectivity index (χ0v) is 12.5. The number of carbonyl (C=O) groups is 2. The lowest BCUT2D eigenvalue weighted by molar-refractivity contribution is -0.142. The molecule has 1 saturated heterocycles. The van der Waals surface area contributed by atoms with Crippen molar-refractivity contribution in [3.63, 3.8) is 0 Å². The van der Waals surface area contributed by atoms with E-state index in [-0.39, 0.29) is 35.9 Å². The van der Waals surface area contributed by atoms with Crippen LogP contribution in [0.15, 0.2) is 0 Å². The van der Waals surface area contributed by atoms with Crippen molar-refractivity contribution in [2.75, 3.05) is 20.7 Å². The van der Waals surface area contributed by atoms with E-state index in [9.17, 15) is 9.59 Å². The number of hydrogen-bond donors (Lipinski definition) is 0. The van der Waals surface area contributed by atoms with E-state index in [0.717, 1.165) is 0 Å². The van der Waals surface area contributed by atoms with Crippen molar-refractivity contribution < 1.29 is 19.1 Å². The summed E-state index contributed by atoms with van der Waals surface area (Å²) in [5.74, 6) is 0.0123. The summed E-state index contributed by atoms with van der Waals surface area (Å²) >= 11 is 0. The Morgan fingerprint density at radius 1 is 1.21 bits per heavy atom. The molecule has 0 saturated carbocycles. The Morgan fingerprint density at radius 2 is 1.84 bits per heavy atom. The van der Waals surface area contributed by atoms with Gasteiger partial charge < -0.3 is 14.4 Å². The molecular formula is C14H25NO4. The van der Waals surface area contributed by atoms with Crippen molar-refractivity contribution >= 4 is 11.9 Å². The van der Waals surface area contributed by atoms with Gasteiger partial charge in [0.05, 0.1) is 25.2 Å². The van der Waals surface area contributed by atoms with Crippen LogP contribution in [0.25, 0.3) is 0 Å². The lowest BCUT2D eigenvalue weighted by Gasteiger charge is -2.25. The van der Waals surface area contributed by atoms with Crippen molar-refractivity contribution in [3.8, 4) is 0 Å². The monoisotopic (exact) mass is 271 g/mol. The third kappa shape index (κ3) is 3.93. The van der Waals surface area contributed by atoms with E-state index in [2.05, 4.69) is 11.7 Å². The number of ether oxygens (including phenoxy) is 2. The van der Waals surface area contributed by atoms with Crippen molar-refractivity contribution in [2.24, 2.45) is 11.8 Å². The van der Waals surface area contributed by atoms with Gasteiger partial charge in [0, 0.05) is 20.0 Å². The summed E-state index contributed by atoms with van der Waals surface area (Å²) in [5, 5.41) is 0. The molecule has 0 aliphatic carbocycles. The predicted molar refractivity (Wildman–Crippen MR) is 71.6 cm³/mol. The van der Waals surface area contributed by atoms with Crippen LogP contribution in [0, 0.1) is 11.8 Å². The van der Waals surface area contributed by atoms with E-state index in [0.29, 0.717) is 19.4 Å². The van der Waals surface area contributed by atoms with Crippen LogP contribution >= 0.6 is 0 Å². The van der Waals surface area contributed by atoms with Crippen LogP contribution in [0.4, 0.5) is 0 Å². The molecule has 110 valence electrons. The van der Waals surface area contributed by atoms with Crippen LogP contribution in [-0.4, -0.2) is 49.7 Å². The first-order valence-electron chi connectivity index (χ1n) is 6.85. The zero-order valence-electron chi connectivity index (χ0n) is 12.5. The normalized spacial score (nSPS) is 30.2. The van der Waals surface area contributed by atoms with Gasteiger partial charge >= 0.3 is 5.97 Å². The molecule has 0 aromatic carbocycles. The van der Waals surface area contributed by atoms with Gasteiger partial charge in [0.2, 0.25) is 5.91 Å². The van der Waals surface area contributed by atoms with Gasteiger partial charge in [-0.3, -0.25) is 9.59 Å². The Balaban J connectivity index is 2.46. The summed E-state index contributed by atoms with van der Waals surface area (Å²) in [4.78, 5) is 25.1. The van der Waals surface area contributed by atoms with Crippen LogP contribution in [0.3, 0.4) is 0 Å². The summed E-state index contributed by atoms with van der Waals surface area (Å²) in [5.41, 5.74) is 0. The number of carbonyl (C=O) groups excluding carboxylic acids is 2. The van der Waals surface area contributed by atoms with Gasteiger partial charge in [-0.25, -0.2) is 0 Å². The molecule has 1 amide bonds. The summed E-state index contributed by atoms with van der Waals surface area (Å²) in [6.45, 7) is 6.58. The Kier molecular flexibility index (Phi) is 5.79. The third-order valence-electron chi connectivity index (χ3n) is 4.01. The van der Waals surface area contributed by atoms with Gasteiger partial charge in [-0.1, -0.05) is 6.92 Å². The van der Waals surface area contributed by atoms with Gasteiger partial charge in [-0.15, -0.1) is 0 Å². The van der Waals surface area contributed by atoms with Crippen molar-refractivity contribution in [1.29, 1.82) is 0 Å². The topological polar surface area (TPSA) is 55.8 Å². The van der Waals surface area contributed by atoms with E-state index in [4.69, 9.17) is 4.74 Å². The summed E-state index contributed by atoms with van der Waals surface area (Å²) in [6.07, 6.45) is 1.05. The first-order valence-corrected chi connectivity index (χ1v) is 6.85. The van der Waals surface area contributed by atoms with Gasteiger partial charge in [-0.05, 0) is 26.2 Å². The predicted octanol–water partition coefficient (Wildman–Crippen LogP) is 1.46. The molecule has 1 aliphatic heterocycles. The van der Waals surface area contributed by atoms with E-state index in [1.54, 1.807) is 11.9 Å². The van der Waals surface area contributed by atoms with E-state index in [1.165, 1.54) is 7.11 Å². The lowest BCUT2D eigenvalue weighted by Crippen LogP contribution is -2.39. The highest BCUT2D eigenvalue weighted by molar-refractivity contribution is 5.80. The number of esters is 1. The smallest absolute Gasteiger partial charge is 0.305 e.